The van der Waals surface area contributed by atoms with Crippen LogP contribution in [0.3, 0.4) is 0 Å². The third kappa shape index (κ3) is 4.34. The number of rotatable bonds is 7. The van der Waals surface area contributed by atoms with Crippen molar-refractivity contribution in [1.82, 2.24) is 15.1 Å². The number of likely N-dealkylation sites (N-methyl/N-ethyl adjacent to an activating group) is 1. The van der Waals surface area contributed by atoms with E-state index >= 15 is 0 Å². The molecule has 0 saturated heterocycles. The van der Waals surface area contributed by atoms with Gasteiger partial charge >= 0.3 is 0 Å². The number of nitrogens with zero attached hydrogens (tertiary/aromatic N) is 2. The summed E-state index contributed by atoms with van der Waals surface area (Å²) in [6.07, 6.45) is -0.512. The van der Waals surface area contributed by atoms with Gasteiger partial charge in [0.15, 0.2) is 12.0 Å². The Morgan fingerprint density at radius 1 is 1.16 bits per heavy atom. The normalized spacial score (nSPS) is 17.0. The summed E-state index contributed by atoms with van der Waals surface area (Å²) in [5.41, 5.74) is 1.78. The van der Waals surface area contributed by atoms with Crippen LogP contribution in [0.2, 0.25) is 0 Å². The summed E-state index contributed by atoms with van der Waals surface area (Å²) in [6, 6.07) is 14.3. The van der Waals surface area contributed by atoms with Gasteiger partial charge in [0.05, 0.1) is 23.0 Å². The van der Waals surface area contributed by atoms with Crippen molar-refractivity contribution < 1.29 is 19.8 Å². The molecule has 8 heteroatoms. The van der Waals surface area contributed by atoms with Crippen LogP contribution in [0, 0.1) is 0 Å². The molecular formula is C23H28N4O4. The first-order chi connectivity index (χ1) is 14.8. The van der Waals surface area contributed by atoms with E-state index in [9.17, 15) is 19.8 Å². The Balaban J connectivity index is 1.98. The Morgan fingerprint density at radius 3 is 2.45 bits per heavy atom. The van der Waals surface area contributed by atoms with Crippen LogP contribution < -0.4 is 10.6 Å². The molecule has 0 bridgehead atoms. The lowest BCUT2D eigenvalue weighted by atomic mass is 10.0. The molecular weight excluding hydrogens is 396 g/mol. The van der Waals surface area contributed by atoms with Crippen molar-refractivity contribution in [1.29, 1.82) is 0 Å². The van der Waals surface area contributed by atoms with Crippen molar-refractivity contribution >= 4 is 17.5 Å². The topological polar surface area (TPSA) is 105 Å². The summed E-state index contributed by atoms with van der Waals surface area (Å²) >= 11 is 0. The van der Waals surface area contributed by atoms with Crippen LogP contribution in [0.25, 0.3) is 0 Å². The number of aromatic hydroxyl groups is 1. The fourth-order valence-corrected chi connectivity index (χ4v) is 3.48. The van der Waals surface area contributed by atoms with Crippen molar-refractivity contribution in [2.75, 3.05) is 26.5 Å². The first-order valence-electron chi connectivity index (χ1n) is 10.1. The van der Waals surface area contributed by atoms with E-state index in [-0.39, 0.29) is 46.3 Å². The lowest BCUT2D eigenvalue weighted by Gasteiger charge is -2.21. The first-order valence-corrected chi connectivity index (χ1v) is 10.1. The quantitative estimate of drug-likeness (QED) is 0.508. The van der Waals surface area contributed by atoms with Crippen LogP contribution >= 0.6 is 0 Å². The van der Waals surface area contributed by atoms with E-state index in [1.54, 1.807) is 26.2 Å². The molecule has 31 heavy (non-hydrogen) atoms. The van der Waals surface area contributed by atoms with E-state index in [0.717, 1.165) is 5.56 Å². The number of phenols is 1. The van der Waals surface area contributed by atoms with Gasteiger partial charge in [0, 0.05) is 21.1 Å². The Hall–Kier alpha value is -3.52. The van der Waals surface area contributed by atoms with Gasteiger partial charge in [-0.2, -0.15) is 0 Å². The standard InChI is InChI=1S/C23H28N4O4/c1-5-16(14-10-7-6-8-11-14)24-18-19(23(31)27(4)22(18)30)25-17-13-9-12-15(20(17)28)21(29)26(2)3/h6-13,16,23-25,28,31H,5H2,1-4H3/t16-,23?/m1/s1. The molecule has 1 aliphatic heterocycles. The van der Waals surface area contributed by atoms with Gasteiger partial charge in [-0.1, -0.05) is 43.3 Å². The fraction of sp³-hybridized carbons (Fsp3) is 0.304. The number of aliphatic hydroxyl groups is 1. The Bertz CT molecular complexity index is 1000. The lowest BCUT2D eigenvalue weighted by Crippen LogP contribution is -2.33. The summed E-state index contributed by atoms with van der Waals surface area (Å²) in [5.74, 6) is -0.981. The number of anilines is 1. The minimum Gasteiger partial charge on any atom is -0.505 e. The predicted octanol–water partition coefficient (Wildman–Crippen LogP) is 2.25. The van der Waals surface area contributed by atoms with E-state index in [4.69, 9.17) is 0 Å². The number of para-hydroxylation sites is 1. The summed E-state index contributed by atoms with van der Waals surface area (Å²) < 4.78 is 0. The maximum Gasteiger partial charge on any atom is 0.274 e. The third-order valence-corrected chi connectivity index (χ3v) is 5.30. The smallest absolute Gasteiger partial charge is 0.274 e. The fourth-order valence-electron chi connectivity index (χ4n) is 3.48. The third-order valence-electron chi connectivity index (χ3n) is 5.30. The molecule has 0 spiro atoms. The van der Waals surface area contributed by atoms with Gasteiger partial charge in [0.1, 0.15) is 5.70 Å². The number of aliphatic hydroxyl groups excluding tert-OH is 1. The molecule has 2 amide bonds. The van der Waals surface area contributed by atoms with Crippen molar-refractivity contribution in [3.05, 3.63) is 71.1 Å². The van der Waals surface area contributed by atoms with Crippen LogP contribution in [0.1, 0.15) is 35.3 Å². The number of carbonyl (C=O) groups is 2. The molecule has 3 rings (SSSR count). The molecule has 4 N–H and O–H groups in total. The molecule has 2 aromatic rings. The summed E-state index contributed by atoms with van der Waals surface area (Å²) in [7, 11) is 4.68. The molecule has 0 fully saturated rings. The Labute approximate surface area is 181 Å². The molecule has 1 heterocycles. The van der Waals surface area contributed by atoms with E-state index in [1.165, 1.54) is 22.9 Å². The molecule has 8 nitrogen and oxygen atoms in total. The minimum atomic E-state index is -1.23. The zero-order valence-electron chi connectivity index (χ0n) is 18.1. The highest BCUT2D eigenvalue weighted by atomic mass is 16.3. The molecule has 0 aromatic heterocycles. The van der Waals surface area contributed by atoms with Crippen LogP contribution in [-0.4, -0.2) is 59.2 Å². The van der Waals surface area contributed by atoms with Crippen molar-refractivity contribution in [2.45, 2.75) is 25.6 Å². The molecule has 2 aromatic carbocycles. The van der Waals surface area contributed by atoms with Crippen LogP contribution in [0.4, 0.5) is 5.69 Å². The van der Waals surface area contributed by atoms with Gasteiger partial charge in [0.2, 0.25) is 0 Å². The SMILES string of the molecule is CC[C@@H](NC1=C(Nc2cccc(C(=O)N(C)C)c2O)C(O)N(C)C1=O)c1ccccc1. The number of phenolic OH excluding ortho intramolecular Hbond substituents is 1. The molecule has 2 atom stereocenters. The Kier molecular flexibility index (Phi) is 6.50. The Morgan fingerprint density at radius 2 is 1.84 bits per heavy atom. The van der Waals surface area contributed by atoms with Crippen molar-refractivity contribution in [3.8, 4) is 5.75 Å². The maximum absolute atomic E-state index is 12.8. The maximum atomic E-state index is 12.8. The van der Waals surface area contributed by atoms with Gasteiger partial charge in [-0.3, -0.25) is 9.59 Å². The van der Waals surface area contributed by atoms with Crippen LogP contribution in [0.5, 0.6) is 5.75 Å². The second-order valence-electron chi connectivity index (χ2n) is 7.62. The van der Waals surface area contributed by atoms with Gasteiger partial charge in [0.25, 0.3) is 11.8 Å². The van der Waals surface area contributed by atoms with Crippen LogP contribution in [0.15, 0.2) is 59.9 Å². The van der Waals surface area contributed by atoms with Gasteiger partial charge in [-0.15, -0.1) is 0 Å². The van der Waals surface area contributed by atoms with Gasteiger partial charge < -0.3 is 30.6 Å². The molecule has 0 saturated carbocycles. The second kappa shape index (κ2) is 9.09. The highest BCUT2D eigenvalue weighted by Gasteiger charge is 2.37. The van der Waals surface area contributed by atoms with E-state index in [2.05, 4.69) is 10.6 Å². The number of nitrogens with one attached hydrogen (secondary N) is 2. The lowest BCUT2D eigenvalue weighted by molar-refractivity contribution is -0.130. The molecule has 1 aliphatic rings. The zero-order chi connectivity index (χ0) is 22.7. The van der Waals surface area contributed by atoms with E-state index in [1.807, 2.05) is 37.3 Å². The van der Waals surface area contributed by atoms with Crippen molar-refractivity contribution in [3.63, 3.8) is 0 Å². The number of hydrogen-bond acceptors (Lipinski definition) is 6. The number of hydrogen-bond donors (Lipinski definition) is 4. The number of carbonyl (C=O) groups excluding carboxylic acids is 2. The zero-order valence-corrected chi connectivity index (χ0v) is 18.1. The van der Waals surface area contributed by atoms with Crippen LogP contribution in [-0.2, 0) is 4.79 Å². The minimum absolute atomic E-state index is 0.119. The van der Waals surface area contributed by atoms with E-state index < -0.39 is 6.23 Å². The number of benzene rings is 2. The summed E-state index contributed by atoms with van der Waals surface area (Å²) in [4.78, 5) is 27.7. The van der Waals surface area contributed by atoms with Crippen molar-refractivity contribution in [2.24, 2.45) is 0 Å². The average molecular weight is 425 g/mol. The monoisotopic (exact) mass is 424 g/mol. The highest BCUT2D eigenvalue weighted by Crippen LogP contribution is 2.33. The van der Waals surface area contributed by atoms with Gasteiger partial charge in [-0.25, -0.2) is 0 Å². The highest BCUT2D eigenvalue weighted by molar-refractivity contribution is 6.00. The molecule has 0 aliphatic carbocycles. The number of amides is 2. The summed E-state index contributed by atoms with van der Waals surface area (Å²) in [5, 5.41) is 27.5. The average Bonchev–Trinajstić information content (AvgIpc) is 2.96. The van der Waals surface area contributed by atoms with Gasteiger partial charge in [-0.05, 0) is 24.1 Å². The summed E-state index contributed by atoms with van der Waals surface area (Å²) in [6.45, 7) is 2.00. The molecule has 164 valence electrons. The first kappa shape index (κ1) is 22.2. The van der Waals surface area contributed by atoms with E-state index in [0.29, 0.717) is 6.42 Å². The molecule has 1 unspecified atom stereocenters. The molecule has 0 radical (unpaired) electrons. The predicted molar refractivity (Wildman–Crippen MR) is 118 cm³/mol. The second-order valence-corrected chi connectivity index (χ2v) is 7.62. The largest absolute Gasteiger partial charge is 0.505 e.